The first kappa shape index (κ1) is 6.98. The van der Waals surface area contributed by atoms with Crippen LogP contribution in [0.15, 0.2) is 10.3 Å². The molecule has 10 heavy (non-hydrogen) atoms. The predicted molar refractivity (Wildman–Crippen MR) is 34.8 cm³/mol. The molecule has 0 aromatic carbocycles. The number of primary amides is 1. The smallest absolute Gasteiger partial charge is 0.249 e. The van der Waals surface area contributed by atoms with Gasteiger partial charge in [-0.15, -0.1) is 0 Å². The van der Waals surface area contributed by atoms with Crippen molar-refractivity contribution in [1.29, 1.82) is 0 Å². The van der Waals surface area contributed by atoms with Crippen molar-refractivity contribution < 1.29 is 4.79 Å². The third kappa shape index (κ3) is 0.832. The van der Waals surface area contributed by atoms with Crippen LogP contribution in [0.1, 0.15) is 6.42 Å². The van der Waals surface area contributed by atoms with Gasteiger partial charge < -0.3 is 5.73 Å². The van der Waals surface area contributed by atoms with Crippen molar-refractivity contribution in [3.8, 4) is 0 Å². The van der Waals surface area contributed by atoms with Crippen molar-refractivity contribution in [2.45, 2.75) is 12.0 Å². The minimum atomic E-state index is -0.889. The summed E-state index contributed by atoms with van der Waals surface area (Å²) in [7, 11) is 0. The van der Waals surface area contributed by atoms with E-state index in [-0.39, 0.29) is 0 Å². The van der Waals surface area contributed by atoms with E-state index in [1.807, 2.05) is 0 Å². The molecule has 5 heteroatoms. The zero-order chi connectivity index (χ0) is 7.61. The van der Waals surface area contributed by atoms with Crippen molar-refractivity contribution in [3.05, 3.63) is 6.92 Å². The summed E-state index contributed by atoms with van der Waals surface area (Å²) >= 11 is 0. The zero-order valence-corrected chi connectivity index (χ0v) is 5.50. The molecule has 3 N–H and O–H groups in total. The van der Waals surface area contributed by atoms with Crippen molar-refractivity contribution >= 4 is 5.91 Å². The molecule has 1 rings (SSSR count). The second-order valence-electron chi connectivity index (χ2n) is 2.18. The highest BCUT2D eigenvalue weighted by molar-refractivity contribution is 5.85. The van der Waals surface area contributed by atoms with Crippen LogP contribution >= 0.6 is 0 Å². The molecular weight excluding hydrogens is 132 g/mol. The molecule has 1 unspecified atom stereocenters. The standard InChI is InChI=1S/C5H9N4O/c1-2-5(4(6)10)3-7-9-8-5/h1-3H2,(H2,6,10)(H,7,8). The van der Waals surface area contributed by atoms with Gasteiger partial charge in [0.05, 0.1) is 6.54 Å². The van der Waals surface area contributed by atoms with Gasteiger partial charge in [0.2, 0.25) is 5.91 Å². The fourth-order valence-corrected chi connectivity index (χ4v) is 0.731. The summed E-state index contributed by atoms with van der Waals surface area (Å²) in [5.74, 6) is -0.476. The molecule has 1 amide bonds. The van der Waals surface area contributed by atoms with E-state index in [9.17, 15) is 4.79 Å². The molecule has 0 aliphatic carbocycles. The highest BCUT2D eigenvalue weighted by Crippen LogP contribution is 2.17. The SMILES string of the molecule is [CH2]CC1(C(N)=O)CNN=N1. The Bertz CT molecular complexity index is 178. The van der Waals surface area contributed by atoms with Crippen LogP contribution in [0.5, 0.6) is 0 Å². The summed E-state index contributed by atoms with van der Waals surface area (Å²) in [6.45, 7) is 3.93. The van der Waals surface area contributed by atoms with Gasteiger partial charge >= 0.3 is 0 Å². The van der Waals surface area contributed by atoms with Gasteiger partial charge in [-0.3, -0.25) is 10.2 Å². The average molecular weight is 141 g/mol. The fraction of sp³-hybridized carbons (Fsp3) is 0.600. The summed E-state index contributed by atoms with van der Waals surface area (Å²) in [4.78, 5) is 10.7. The molecule has 0 spiro atoms. The third-order valence-electron chi connectivity index (χ3n) is 1.56. The molecule has 55 valence electrons. The summed E-state index contributed by atoms with van der Waals surface area (Å²) in [5.41, 5.74) is 6.74. The maximum Gasteiger partial charge on any atom is 0.249 e. The summed E-state index contributed by atoms with van der Waals surface area (Å²) in [6.07, 6.45) is 0.346. The molecule has 1 aliphatic heterocycles. The van der Waals surface area contributed by atoms with E-state index in [1.54, 1.807) is 0 Å². The number of amides is 1. The Morgan fingerprint density at radius 3 is 2.80 bits per heavy atom. The number of nitrogens with zero attached hydrogens (tertiary/aromatic N) is 2. The minimum Gasteiger partial charge on any atom is -0.367 e. The van der Waals surface area contributed by atoms with E-state index in [0.29, 0.717) is 13.0 Å². The predicted octanol–water partition coefficient (Wildman–Crippen LogP) is -0.595. The number of rotatable bonds is 2. The highest BCUT2D eigenvalue weighted by atomic mass is 16.1. The van der Waals surface area contributed by atoms with Gasteiger partial charge in [0.1, 0.15) is 0 Å². The molecule has 1 radical (unpaired) electrons. The lowest BCUT2D eigenvalue weighted by Gasteiger charge is -2.15. The topological polar surface area (TPSA) is 79.8 Å². The molecular formula is C5H9N4O. The fourth-order valence-electron chi connectivity index (χ4n) is 0.731. The van der Waals surface area contributed by atoms with Crippen molar-refractivity contribution in [1.82, 2.24) is 5.43 Å². The lowest BCUT2D eigenvalue weighted by atomic mass is 9.97. The number of carbonyl (C=O) groups excluding carboxylic acids is 1. The lowest BCUT2D eigenvalue weighted by molar-refractivity contribution is -0.122. The van der Waals surface area contributed by atoms with Crippen molar-refractivity contribution in [2.24, 2.45) is 16.1 Å². The lowest BCUT2D eigenvalue weighted by Crippen LogP contribution is -2.44. The molecule has 0 saturated carbocycles. The second-order valence-corrected chi connectivity index (χ2v) is 2.18. The maximum atomic E-state index is 10.7. The molecule has 1 aliphatic rings. The van der Waals surface area contributed by atoms with E-state index in [4.69, 9.17) is 5.73 Å². The molecule has 0 aromatic rings. The zero-order valence-electron chi connectivity index (χ0n) is 5.50. The van der Waals surface area contributed by atoms with Gasteiger partial charge in [-0.1, -0.05) is 12.1 Å². The highest BCUT2D eigenvalue weighted by Gasteiger charge is 2.37. The van der Waals surface area contributed by atoms with Crippen LogP contribution in [0.4, 0.5) is 0 Å². The Morgan fingerprint density at radius 2 is 2.60 bits per heavy atom. The molecule has 0 aromatic heterocycles. The van der Waals surface area contributed by atoms with E-state index >= 15 is 0 Å². The Labute approximate surface area is 58.7 Å². The van der Waals surface area contributed by atoms with Gasteiger partial charge in [0, 0.05) is 0 Å². The molecule has 0 bridgehead atoms. The number of hydrogen-bond acceptors (Lipinski definition) is 4. The Hall–Kier alpha value is -1.13. The number of nitrogens with one attached hydrogen (secondary N) is 1. The van der Waals surface area contributed by atoms with Gasteiger partial charge in [0.15, 0.2) is 5.54 Å². The number of hydrogen-bond donors (Lipinski definition) is 2. The van der Waals surface area contributed by atoms with Crippen molar-refractivity contribution in [2.75, 3.05) is 6.54 Å². The van der Waals surface area contributed by atoms with Crippen LogP contribution in [-0.4, -0.2) is 18.0 Å². The largest absolute Gasteiger partial charge is 0.367 e. The van der Waals surface area contributed by atoms with Gasteiger partial charge in [-0.25, -0.2) is 0 Å². The van der Waals surface area contributed by atoms with Crippen LogP contribution in [0.3, 0.4) is 0 Å². The Morgan fingerprint density at radius 1 is 1.90 bits per heavy atom. The Balaban J connectivity index is 2.78. The summed E-state index contributed by atoms with van der Waals surface area (Å²) < 4.78 is 0. The molecule has 5 nitrogen and oxygen atoms in total. The summed E-state index contributed by atoms with van der Waals surface area (Å²) in [5, 5.41) is 7.13. The second kappa shape index (κ2) is 2.24. The van der Waals surface area contributed by atoms with Crippen LogP contribution in [0, 0.1) is 6.92 Å². The molecule has 0 fully saturated rings. The van der Waals surface area contributed by atoms with Crippen molar-refractivity contribution in [3.63, 3.8) is 0 Å². The van der Waals surface area contributed by atoms with Crippen LogP contribution in [0.25, 0.3) is 0 Å². The van der Waals surface area contributed by atoms with E-state index in [1.165, 1.54) is 0 Å². The first-order valence-corrected chi connectivity index (χ1v) is 2.95. The maximum absolute atomic E-state index is 10.7. The van der Waals surface area contributed by atoms with E-state index in [2.05, 4.69) is 22.7 Å². The third-order valence-corrected chi connectivity index (χ3v) is 1.56. The van der Waals surface area contributed by atoms with Crippen LogP contribution in [-0.2, 0) is 4.79 Å². The molecule has 1 heterocycles. The molecule has 1 atom stereocenters. The van der Waals surface area contributed by atoms with E-state index in [0.717, 1.165) is 0 Å². The minimum absolute atomic E-state index is 0.346. The average Bonchev–Trinajstić information content (AvgIpc) is 2.35. The van der Waals surface area contributed by atoms with Gasteiger partial charge in [0.25, 0.3) is 0 Å². The van der Waals surface area contributed by atoms with Gasteiger partial charge in [-0.05, 0) is 6.42 Å². The normalized spacial score (nSPS) is 30.1. The first-order chi connectivity index (χ1) is 4.71. The Kier molecular flexibility index (Phi) is 1.57. The van der Waals surface area contributed by atoms with E-state index < -0.39 is 11.4 Å². The number of carbonyl (C=O) groups is 1. The first-order valence-electron chi connectivity index (χ1n) is 2.95. The van der Waals surface area contributed by atoms with Crippen LogP contribution < -0.4 is 11.2 Å². The summed E-state index contributed by atoms with van der Waals surface area (Å²) in [6, 6.07) is 0. The quantitative estimate of drug-likeness (QED) is 0.538. The monoisotopic (exact) mass is 141 g/mol. The van der Waals surface area contributed by atoms with Gasteiger partial charge in [-0.2, -0.15) is 5.11 Å². The molecule has 0 saturated heterocycles. The number of nitrogens with two attached hydrogens (primary N) is 1. The van der Waals surface area contributed by atoms with Crippen LogP contribution in [0.2, 0.25) is 0 Å².